The van der Waals surface area contributed by atoms with Gasteiger partial charge in [-0.2, -0.15) is 0 Å². The first kappa shape index (κ1) is 14.8. The zero-order valence-corrected chi connectivity index (χ0v) is 9.85. The average molecular weight is 284 g/mol. The van der Waals surface area contributed by atoms with Gasteiger partial charge in [-0.15, -0.1) is 13.2 Å². The molecule has 0 saturated heterocycles. The maximum Gasteiger partial charge on any atom is 0.573 e. The van der Waals surface area contributed by atoms with Crippen LogP contribution in [-0.2, 0) is 6.42 Å². The number of hydrogen-bond donors (Lipinski definition) is 1. The summed E-state index contributed by atoms with van der Waals surface area (Å²) in [7, 11) is 0. The van der Waals surface area contributed by atoms with Crippen LogP contribution in [0.1, 0.15) is 5.56 Å². The molecule has 0 amide bonds. The van der Waals surface area contributed by atoms with Gasteiger partial charge in [-0.05, 0) is 35.8 Å². The van der Waals surface area contributed by atoms with Crippen LogP contribution in [0.4, 0.5) is 17.6 Å². The molecule has 1 rings (SSSR count). The van der Waals surface area contributed by atoms with E-state index in [9.17, 15) is 17.6 Å². The molecular weight excluding hydrogens is 274 g/mol. The molecule has 0 unspecified atom stereocenters. The highest BCUT2D eigenvalue weighted by atomic mass is 35.5. The van der Waals surface area contributed by atoms with Crippen molar-refractivity contribution in [3.05, 3.63) is 40.7 Å². The number of nitrogens with two attached hydrogens (primary N) is 1. The topological polar surface area (TPSA) is 35.2 Å². The standard InChI is InChI=1S/C11H10ClF4NO/c12-9-2-7(1-8(5-13)6-17)3-10(4-9)18-11(14,15)16/h2-5H,1,6,17H2/b8-5-. The summed E-state index contributed by atoms with van der Waals surface area (Å²) in [5.74, 6) is -0.444. The second-order valence-electron chi connectivity index (χ2n) is 3.49. The van der Waals surface area contributed by atoms with E-state index >= 15 is 0 Å². The molecule has 18 heavy (non-hydrogen) atoms. The third-order valence-electron chi connectivity index (χ3n) is 2.01. The first-order valence-electron chi connectivity index (χ1n) is 4.87. The minimum atomic E-state index is -4.80. The third-order valence-corrected chi connectivity index (χ3v) is 2.23. The van der Waals surface area contributed by atoms with Crippen LogP contribution in [0.15, 0.2) is 30.1 Å². The molecule has 0 aliphatic heterocycles. The van der Waals surface area contributed by atoms with Crippen molar-refractivity contribution in [2.24, 2.45) is 5.73 Å². The van der Waals surface area contributed by atoms with Crippen LogP contribution in [0.3, 0.4) is 0 Å². The molecule has 0 aliphatic rings. The summed E-state index contributed by atoms with van der Waals surface area (Å²) in [5, 5.41) is 0.0713. The van der Waals surface area contributed by atoms with E-state index in [0.29, 0.717) is 11.9 Å². The molecule has 1 aromatic carbocycles. The Morgan fingerprint density at radius 1 is 1.33 bits per heavy atom. The summed E-state index contributed by atoms with van der Waals surface area (Å²) < 4.78 is 52.2. The Morgan fingerprint density at radius 3 is 2.50 bits per heavy atom. The molecule has 7 heteroatoms. The van der Waals surface area contributed by atoms with Gasteiger partial charge in [0.1, 0.15) is 5.75 Å². The van der Waals surface area contributed by atoms with E-state index in [1.807, 2.05) is 0 Å². The minimum absolute atomic E-state index is 0.0293. The van der Waals surface area contributed by atoms with E-state index in [-0.39, 0.29) is 23.6 Å². The van der Waals surface area contributed by atoms with E-state index in [4.69, 9.17) is 17.3 Å². The monoisotopic (exact) mass is 283 g/mol. The summed E-state index contributed by atoms with van der Waals surface area (Å²) in [6, 6.07) is 3.59. The van der Waals surface area contributed by atoms with Crippen molar-refractivity contribution in [1.29, 1.82) is 0 Å². The van der Waals surface area contributed by atoms with Gasteiger partial charge in [-0.25, -0.2) is 4.39 Å². The molecular formula is C11H10ClF4NO. The fourth-order valence-corrected chi connectivity index (χ4v) is 1.58. The lowest BCUT2D eigenvalue weighted by Gasteiger charge is -2.11. The van der Waals surface area contributed by atoms with Crippen LogP contribution in [0.5, 0.6) is 5.75 Å². The lowest BCUT2D eigenvalue weighted by molar-refractivity contribution is -0.274. The molecule has 0 aromatic heterocycles. The lowest BCUT2D eigenvalue weighted by Crippen LogP contribution is -2.17. The van der Waals surface area contributed by atoms with Crippen molar-refractivity contribution in [3.63, 3.8) is 0 Å². The maximum atomic E-state index is 12.3. The third kappa shape index (κ3) is 4.93. The molecule has 2 nitrogen and oxygen atoms in total. The van der Waals surface area contributed by atoms with Crippen molar-refractivity contribution >= 4 is 11.6 Å². The second kappa shape index (κ2) is 6.06. The fraction of sp³-hybridized carbons (Fsp3) is 0.273. The van der Waals surface area contributed by atoms with Gasteiger partial charge in [0.05, 0.1) is 6.33 Å². The summed E-state index contributed by atoms with van der Waals surface area (Å²) in [6.45, 7) is -0.0293. The lowest BCUT2D eigenvalue weighted by atomic mass is 10.1. The van der Waals surface area contributed by atoms with Gasteiger partial charge in [0.15, 0.2) is 0 Å². The zero-order chi connectivity index (χ0) is 13.8. The Morgan fingerprint density at radius 2 is 2.00 bits per heavy atom. The minimum Gasteiger partial charge on any atom is -0.406 e. The zero-order valence-electron chi connectivity index (χ0n) is 9.10. The van der Waals surface area contributed by atoms with Crippen molar-refractivity contribution in [1.82, 2.24) is 0 Å². The molecule has 0 heterocycles. The molecule has 0 fully saturated rings. The highest BCUT2D eigenvalue weighted by Gasteiger charge is 2.31. The Hall–Kier alpha value is -1.27. The number of rotatable bonds is 4. The molecule has 0 bridgehead atoms. The average Bonchev–Trinajstić information content (AvgIpc) is 2.22. The molecule has 0 aliphatic carbocycles. The van der Waals surface area contributed by atoms with Gasteiger partial charge in [0.2, 0.25) is 0 Å². The summed E-state index contributed by atoms with van der Waals surface area (Å²) in [5.41, 5.74) is 5.89. The molecule has 1 aromatic rings. The highest BCUT2D eigenvalue weighted by Crippen LogP contribution is 2.27. The number of alkyl halides is 3. The van der Waals surface area contributed by atoms with Gasteiger partial charge in [-0.1, -0.05) is 11.6 Å². The number of hydrogen-bond acceptors (Lipinski definition) is 2. The first-order chi connectivity index (χ1) is 8.34. The van der Waals surface area contributed by atoms with E-state index < -0.39 is 12.1 Å². The molecule has 0 atom stereocenters. The summed E-state index contributed by atoms with van der Waals surface area (Å²) in [4.78, 5) is 0. The normalized spacial score (nSPS) is 12.7. The molecule has 0 saturated carbocycles. The van der Waals surface area contributed by atoms with Crippen molar-refractivity contribution < 1.29 is 22.3 Å². The highest BCUT2D eigenvalue weighted by molar-refractivity contribution is 6.30. The van der Waals surface area contributed by atoms with Crippen LogP contribution in [-0.4, -0.2) is 12.9 Å². The number of benzene rings is 1. The Balaban J connectivity index is 2.94. The second-order valence-corrected chi connectivity index (χ2v) is 3.93. The van der Waals surface area contributed by atoms with Crippen LogP contribution in [0.25, 0.3) is 0 Å². The van der Waals surface area contributed by atoms with Crippen LogP contribution in [0, 0.1) is 0 Å². The molecule has 0 spiro atoms. The smallest absolute Gasteiger partial charge is 0.406 e. The molecule has 2 N–H and O–H groups in total. The van der Waals surface area contributed by atoms with Crippen LogP contribution >= 0.6 is 11.6 Å². The predicted octanol–water partition coefficient (Wildman–Crippen LogP) is 3.59. The first-order valence-corrected chi connectivity index (χ1v) is 5.25. The van der Waals surface area contributed by atoms with E-state index in [1.54, 1.807) is 0 Å². The SMILES string of the molecule is NC/C(=C\F)Cc1cc(Cl)cc(OC(F)(F)F)c1. The Bertz CT molecular complexity index is 445. The van der Waals surface area contributed by atoms with Crippen LogP contribution in [0.2, 0.25) is 5.02 Å². The van der Waals surface area contributed by atoms with Gasteiger partial charge < -0.3 is 10.5 Å². The van der Waals surface area contributed by atoms with Gasteiger partial charge in [0.25, 0.3) is 0 Å². The predicted molar refractivity (Wildman–Crippen MR) is 60.1 cm³/mol. The molecule has 0 radical (unpaired) electrons. The largest absolute Gasteiger partial charge is 0.573 e. The van der Waals surface area contributed by atoms with Crippen molar-refractivity contribution in [2.45, 2.75) is 12.8 Å². The van der Waals surface area contributed by atoms with Gasteiger partial charge in [-0.3, -0.25) is 0 Å². The fourth-order valence-electron chi connectivity index (χ4n) is 1.33. The summed E-state index contributed by atoms with van der Waals surface area (Å²) >= 11 is 5.66. The van der Waals surface area contributed by atoms with Gasteiger partial charge >= 0.3 is 6.36 Å². The maximum absolute atomic E-state index is 12.3. The van der Waals surface area contributed by atoms with Crippen molar-refractivity contribution in [3.8, 4) is 5.75 Å². The van der Waals surface area contributed by atoms with E-state index in [1.165, 1.54) is 6.07 Å². The van der Waals surface area contributed by atoms with E-state index in [0.717, 1.165) is 12.1 Å². The van der Waals surface area contributed by atoms with Gasteiger partial charge in [0, 0.05) is 11.6 Å². The quantitative estimate of drug-likeness (QED) is 0.857. The Labute approximate surface area is 106 Å². The molecule has 100 valence electrons. The number of halogens is 5. The Kier molecular flexibility index (Phi) is 4.98. The number of ether oxygens (including phenoxy) is 1. The van der Waals surface area contributed by atoms with Crippen LogP contribution < -0.4 is 10.5 Å². The summed E-state index contributed by atoms with van der Waals surface area (Å²) in [6.07, 6.45) is -4.40. The van der Waals surface area contributed by atoms with Crippen molar-refractivity contribution in [2.75, 3.05) is 6.54 Å². The van der Waals surface area contributed by atoms with E-state index in [2.05, 4.69) is 4.74 Å².